The van der Waals surface area contributed by atoms with Crippen LogP contribution in [0.5, 0.6) is 11.5 Å². The summed E-state index contributed by atoms with van der Waals surface area (Å²) in [5.74, 6) is -1.48. The Morgan fingerprint density at radius 3 is 2.58 bits per heavy atom. The zero-order valence-corrected chi connectivity index (χ0v) is 20.8. The minimum atomic E-state index is -1.04. The van der Waals surface area contributed by atoms with Gasteiger partial charge in [-0.15, -0.1) is 0 Å². The number of carboxylic acid groups (broad SMARTS) is 1. The average molecular weight is 536 g/mol. The molecule has 0 unspecified atom stereocenters. The van der Waals surface area contributed by atoms with Gasteiger partial charge in [0, 0.05) is 0 Å². The van der Waals surface area contributed by atoms with Crippen molar-refractivity contribution < 1.29 is 33.8 Å². The summed E-state index contributed by atoms with van der Waals surface area (Å²) in [6.07, 6.45) is 1.43. The molecule has 3 aromatic rings. The van der Waals surface area contributed by atoms with Gasteiger partial charge in [-0.2, -0.15) is 0 Å². The minimum Gasteiger partial charge on any atom is -0.495 e. The summed E-state index contributed by atoms with van der Waals surface area (Å²) in [4.78, 5) is 49.6. The molecule has 0 atom stereocenters. The van der Waals surface area contributed by atoms with E-state index >= 15 is 0 Å². The molecule has 0 spiro atoms. The number of carbonyl (C=O) groups is 4. The van der Waals surface area contributed by atoms with Crippen molar-refractivity contribution in [1.82, 2.24) is 10.2 Å². The lowest BCUT2D eigenvalue weighted by Gasteiger charge is -2.13. The molecule has 4 amide bonds. The van der Waals surface area contributed by atoms with Crippen LogP contribution in [-0.2, 0) is 16.2 Å². The highest BCUT2D eigenvalue weighted by Gasteiger charge is 2.35. The van der Waals surface area contributed by atoms with Gasteiger partial charge in [0.25, 0.3) is 5.91 Å². The van der Waals surface area contributed by atoms with Gasteiger partial charge >= 0.3 is 12.0 Å². The molecule has 3 aromatic carbocycles. The van der Waals surface area contributed by atoms with Gasteiger partial charge in [-0.3, -0.25) is 9.59 Å². The van der Waals surface area contributed by atoms with Crippen molar-refractivity contribution in [1.29, 1.82) is 0 Å². The number of anilines is 1. The highest BCUT2D eigenvalue weighted by atomic mass is 35.5. The molecule has 0 bridgehead atoms. The first-order valence-electron chi connectivity index (χ1n) is 11.3. The molecule has 38 heavy (non-hydrogen) atoms. The Morgan fingerprint density at radius 1 is 1.05 bits per heavy atom. The fourth-order valence-electron chi connectivity index (χ4n) is 3.64. The number of amides is 4. The van der Waals surface area contributed by atoms with Crippen molar-refractivity contribution in [2.75, 3.05) is 19.0 Å². The first-order chi connectivity index (χ1) is 18.2. The summed E-state index contributed by atoms with van der Waals surface area (Å²) in [7, 11) is 1.46. The van der Waals surface area contributed by atoms with Gasteiger partial charge in [0.2, 0.25) is 5.91 Å². The topological polar surface area (TPSA) is 134 Å². The van der Waals surface area contributed by atoms with Crippen LogP contribution in [-0.4, -0.2) is 47.5 Å². The largest absolute Gasteiger partial charge is 0.495 e. The molecule has 0 radical (unpaired) electrons. The molecule has 3 N–H and O–H groups in total. The second kappa shape index (κ2) is 11.5. The van der Waals surface area contributed by atoms with Crippen LogP contribution in [0.4, 0.5) is 10.5 Å². The van der Waals surface area contributed by atoms with Crippen molar-refractivity contribution >= 4 is 47.2 Å². The van der Waals surface area contributed by atoms with E-state index in [0.29, 0.717) is 28.3 Å². The number of urea groups is 1. The van der Waals surface area contributed by atoms with Gasteiger partial charge in [0.1, 0.15) is 30.3 Å². The van der Waals surface area contributed by atoms with E-state index in [9.17, 15) is 19.2 Å². The fourth-order valence-corrected chi connectivity index (χ4v) is 3.89. The molecule has 1 heterocycles. The maximum absolute atomic E-state index is 12.8. The third-order valence-electron chi connectivity index (χ3n) is 5.48. The fraction of sp³-hybridized carbons (Fsp3) is 0.111. The molecule has 1 fully saturated rings. The highest BCUT2D eigenvalue weighted by Crippen LogP contribution is 2.28. The third kappa shape index (κ3) is 6.11. The van der Waals surface area contributed by atoms with Gasteiger partial charge < -0.3 is 25.2 Å². The van der Waals surface area contributed by atoms with Crippen molar-refractivity contribution in [3.8, 4) is 11.5 Å². The number of carbonyl (C=O) groups excluding carboxylic acids is 3. The molecule has 0 aliphatic carbocycles. The van der Waals surface area contributed by atoms with Crippen LogP contribution < -0.4 is 20.1 Å². The number of benzene rings is 3. The number of nitrogens with zero attached hydrogens (tertiary/aromatic N) is 1. The first-order valence-corrected chi connectivity index (χ1v) is 11.6. The number of rotatable bonds is 9. The van der Waals surface area contributed by atoms with Crippen LogP contribution in [0, 0.1) is 0 Å². The van der Waals surface area contributed by atoms with Gasteiger partial charge in [0.05, 0.1) is 23.4 Å². The number of aromatic carboxylic acids is 1. The Hall–Kier alpha value is -4.83. The van der Waals surface area contributed by atoms with E-state index in [-0.39, 0.29) is 22.9 Å². The maximum atomic E-state index is 12.8. The molecule has 0 saturated carbocycles. The van der Waals surface area contributed by atoms with Crippen molar-refractivity contribution in [2.24, 2.45) is 0 Å². The van der Waals surface area contributed by atoms with Crippen LogP contribution in [0.15, 0.2) is 72.4 Å². The lowest BCUT2D eigenvalue weighted by molar-refractivity contribution is -0.127. The number of carboxylic acids is 1. The van der Waals surface area contributed by atoms with E-state index in [4.69, 9.17) is 26.2 Å². The Morgan fingerprint density at radius 2 is 1.84 bits per heavy atom. The molecule has 4 rings (SSSR count). The van der Waals surface area contributed by atoms with E-state index in [1.807, 2.05) is 0 Å². The normalized spacial score (nSPS) is 13.8. The number of ether oxygens (including phenoxy) is 2. The standard InChI is InChI=1S/C27H22ClN3O7/c1-37-23-8-3-2-7-20(23)29-24(32)14-31-25(33)21(30-27(31)36)13-16-9-10-22(19(28)12-16)38-15-17-5-4-6-18(11-17)26(34)35/h2-13H,14-15H2,1H3,(H,29,32)(H,30,36)(H,34,35)/b21-13+. The predicted molar refractivity (Wildman–Crippen MR) is 139 cm³/mol. The van der Waals surface area contributed by atoms with Gasteiger partial charge in [0.15, 0.2) is 0 Å². The number of methoxy groups -OCH3 is 1. The number of imide groups is 1. The molecular weight excluding hydrogens is 514 g/mol. The molecule has 1 saturated heterocycles. The van der Waals surface area contributed by atoms with Crippen LogP contribution in [0.25, 0.3) is 6.08 Å². The number of nitrogens with one attached hydrogen (secondary N) is 2. The lowest BCUT2D eigenvalue weighted by atomic mass is 10.1. The van der Waals surface area contributed by atoms with Gasteiger partial charge in [-0.1, -0.05) is 41.9 Å². The average Bonchev–Trinajstić information content (AvgIpc) is 3.15. The van der Waals surface area contributed by atoms with Crippen LogP contribution in [0.2, 0.25) is 5.02 Å². The zero-order chi connectivity index (χ0) is 27.2. The van der Waals surface area contributed by atoms with E-state index < -0.39 is 30.4 Å². The van der Waals surface area contributed by atoms with Crippen LogP contribution in [0.3, 0.4) is 0 Å². The van der Waals surface area contributed by atoms with Gasteiger partial charge in [-0.25, -0.2) is 14.5 Å². The van der Waals surface area contributed by atoms with Crippen LogP contribution in [0.1, 0.15) is 21.5 Å². The first kappa shape index (κ1) is 26.2. The highest BCUT2D eigenvalue weighted by molar-refractivity contribution is 6.32. The van der Waals surface area contributed by atoms with E-state index in [2.05, 4.69) is 10.6 Å². The summed E-state index contributed by atoms with van der Waals surface area (Å²) in [5.41, 5.74) is 1.71. The molecule has 1 aliphatic rings. The van der Waals surface area contributed by atoms with E-state index in [0.717, 1.165) is 4.90 Å². The smallest absolute Gasteiger partial charge is 0.335 e. The Labute approximate surface area is 222 Å². The molecular formula is C27H22ClN3O7. The maximum Gasteiger partial charge on any atom is 0.335 e. The van der Waals surface area contributed by atoms with Crippen molar-refractivity contribution in [3.63, 3.8) is 0 Å². The van der Waals surface area contributed by atoms with Crippen LogP contribution >= 0.6 is 11.6 Å². The minimum absolute atomic E-state index is 0.0182. The Balaban J connectivity index is 1.40. The third-order valence-corrected chi connectivity index (χ3v) is 5.78. The number of hydrogen-bond donors (Lipinski definition) is 3. The van der Waals surface area contributed by atoms with Crippen molar-refractivity contribution in [2.45, 2.75) is 6.61 Å². The SMILES string of the molecule is COc1ccccc1NC(=O)CN1C(=O)N/C(=C/c2ccc(OCc3cccc(C(=O)O)c3)c(Cl)c2)C1=O. The summed E-state index contributed by atoms with van der Waals surface area (Å²) in [6, 6.07) is 17.2. The number of halogens is 1. The quantitative estimate of drug-likeness (QED) is 0.277. The molecule has 1 aliphatic heterocycles. The number of para-hydroxylation sites is 2. The molecule has 10 nitrogen and oxygen atoms in total. The Kier molecular flexibility index (Phi) is 7.93. The van der Waals surface area contributed by atoms with E-state index in [1.54, 1.807) is 54.6 Å². The zero-order valence-electron chi connectivity index (χ0n) is 20.1. The predicted octanol–water partition coefficient (Wildman–Crippen LogP) is 4.16. The monoisotopic (exact) mass is 535 g/mol. The summed E-state index contributed by atoms with van der Waals surface area (Å²) < 4.78 is 10.9. The second-order valence-electron chi connectivity index (χ2n) is 8.11. The summed E-state index contributed by atoms with van der Waals surface area (Å²) >= 11 is 6.33. The molecule has 0 aromatic heterocycles. The summed E-state index contributed by atoms with van der Waals surface area (Å²) in [6.45, 7) is -0.391. The van der Waals surface area contributed by atoms with Crippen molar-refractivity contribution in [3.05, 3.63) is 94.1 Å². The molecule has 11 heteroatoms. The lowest BCUT2D eigenvalue weighted by Crippen LogP contribution is -2.38. The molecule has 194 valence electrons. The van der Waals surface area contributed by atoms with E-state index in [1.165, 1.54) is 25.3 Å². The summed E-state index contributed by atoms with van der Waals surface area (Å²) in [5, 5.41) is 14.4. The second-order valence-corrected chi connectivity index (χ2v) is 8.52. The number of hydrogen-bond acceptors (Lipinski definition) is 6. The van der Waals surface area contributed by atoms with Gasteiger partial charge in [-0.05, 0) is 53.6 Å². The Bertz CT molecular complexity index is 1450.